The molecule has 2 saturated heterocycles. The third kappa shape index (κ3) is 5.82. The molecule has 3 fully saturated rings. The molecule has 10 heteroatoms. The topological polar surface area (TPSA) is 88.8 Å². The third-order valence-corrected chi connectivity index (χ3v) is 8.98. The smallest absolute Gasteiger partial charge is 0.395 e. The summed E-state index contributed by atoms with van der Waals surface area (Å²) in [4.78, 5) is 32.7. The SMILES string of the molecule is Cc1cc(-c2ccc(OCC3CCN(CC4(C(F)(F)F)CCC4)CC3)nc2)ccc1C(=O)N1CCCC1C(N)=O. The molecule has 1 unspecified atom stereocenters. The Morgan fingerprint density at radius 3 is 2.35 bits per heavy atom. The molecule has 1 aliphatic carbocycles. The van der Waals surface area contributed by atoms with E-state index < -0.39 is 23.5 Å². The van der Waals surface area contributed by atoms with Gasteiger partial charge in [0.25, 0.3) is 5.91 Å². The van der Waals surface area contributed by atoms with E-state index in [4.69, 9.17) is 10.5 Å². The van der Waals surface area contributed by atoms with Crippen LogP contribution in [0.2, 0.25) is 0 Å². The zero-order chi connectivity index (χ0) is 28.5. The average molecular weight is 559 g/mol. The average Bonchev–Trinajstić information content (AvgIpc) is 3.40. The van der Waals surface area contributed by atoms with Gasteiger partial charge in [0.1, 0.15) is 6.04 Å². The van der Waals surface area contributed by atoms with Crippen molar-refractivity contribution in [3.8, 4) is 17.0 Å². The molecule has 40 heavy (non-hydrogen) atoms. The summed E-state index contributed by atoms with van der Waals surface area (Å²) in [6, 6.07) is 8.75. The lowest BCUT2D eigenvalue weighted by atomic mass is 9.67. The lowest BCUT2D eigenvalue weighted by molar-refractivity contribution is -0.256. The maximum Gasteiger partial charge on any atom is 0.395 e. The number of halogens is 3. The lowest BCUT2D eigenvalue weighted by Crippen LogP contribution is -2.53. The van der Waals surface area contributed by atoms with Gasteiger partial charge in [-0.05, 0) is 87.7 Å². The van der Waals surface area contributed by atoms with Crippen LogP contribution in [-0.2, 0) is 4.79 Å². The van der Waals surface area contributed by atoms with Crippen molar-refractivity contribution < 1.29 is 27.5 Å². The van der Waals surface area contributed by atoms with Crippen molar-refractivity contribution in [2.45, 2.75) is 64.1 Å². The zero-order valence-corrected chi connectivity index (χ0v) is 22.9. The molecule has 1 aromatic carbocycles. The molecular weight excluding hydrogens is 521 g/mol. The second kappa shape index (κ2) is 11.4. The van der Waals surface area contributed by atoms with Gasteiger partial charge in [-0.2, -0.15) is 13.2 Å². The summed E-state index contributed by atoms with van der Waals surface area (Å²) in [5.41, 5.74) is 7.13. The van der Waals surface area contributed by atoms with Crippen molar-refractivity contribution >= 4 is 11.8 Å². The highest BCUT2D eigenvalue weighted by Crippen LogP contribution is 2.53. The fraction of sp³-hybridized carbons (Fsp3) is 0.567. The van der Waals surface area contributed by atoms with Crippen molar-refractivity contribution in [2.75, 3.05) is 32.8 Å². The van der Waals surface area contributed by atoms with Gasteiger partial charge >= 0.3 is 6.18 Å². The summed E-state index contributed by atoms with van der Waals surface area (Å²) in [5, 5.41) is 0. The third-order valence-electron chi connectivity index (χ3n) is 8.98. The summed E-state index contributed by atoms with van der Waals surface area (Å²) in [7, 11) is 0. The molecule has 0 radical (unpaired) electrons. The number of primary amides is 1. The number of likely N-dealkylation sites (tertiary alicyclic amines) is 2. The van der Waals surface area contributed by atoms with E-state index in [1.54, 1.807) is 17.2 Å². The summed E-state index contributed by atoms with van der Waals surface area (Å²) in [5.74, 6) is 0.146. The highest BCUT2D eigenvalue weighted by atomic mass is 19.4. The van der Waals surface area contributed by atoms with Gasteiger partial charge in [0.15, 0.2) is 0 Å². The normalized spacial score (nSPS) is 21.7. The quantitative estimate of drug-likeness (QED) is 0.494. The van der Waals surface area contributed by atoms with Crippen molar-refractivity contribution in [3.63, 3.8) is 0 Å². The van der Waals surface area contributed by atoms with Gasteiger partial charge in [0.05, 0.1) is 12.0 Å². The molecule has 7 nitrogen and oxygen atoms in total. The Bertz CT molecular complexity index is 1220. The molecule has 0 spiro atoms. The molecule has 1 aromatic heterocycles. The van der Waals surface area contributed by atoms with Gasteiger partial charge in [0, 0.05) is 36.5 Å². The van der Waals surface area contributed by atoms with Crippen molar-refractivity contribution in [2.24, 2.45) is 17.1 Å². The van der Waals surface area contributed by atoms with Gasteiger partial charge in [-0.15, -0.1) is 0 Å². The van der Waals surface area contributed by atoms with Gasteiger partial charge in [-0.25, -0.2) is 4.98 Å². The van der Waals surface area contributed by atoms with Gasteiger partial charge < -0.3 is 20.3 Å². The minimum absolute atomic E-state index is 0.119. The Morgan fingerprint density at radius 1 is 1.05 bits per heavy atom. The summed E-state index contributed by atoms with van der Waals surface area (Å²) >= 11 is 0. The number of alkyl halides is 3. The Labute approximate surface area is 232 Å². The number of piperidine rings is 1. The van der Waals surface area contributed by atoms with Gasteiger partial charge in [-0.1, -0.05) is 18.6 Å². The van der Waals surface area contributed by atoms with Crippen molar-refractivity contribution in [3.05, 3.63) is 47.7 Å². The lowest BCUT2D eigenvalue weighted by Gasteiger charge is -2.47. The molecule has 1 atom stereocenters. The van der Waals surface area contributed by atoms with Crippen LogP contribution in [0.4, 0.5) is 13.2 Å². The first-order valence-corrected chi connectivity index (χ1v) is 14.2. The second-order valence-corrected chi connectivity index (χ2v) is 11.6. The fourth-order valence-corrected chi connectivity index (χ4v) is 6.26. The molecule has 3 aliphatic rings. The molecule has 0 bridgehead atoms. The molecular formula is C30H37F3N4O3. The first kappa shape index (κ1) is 28.4. The van der Waals surface area contributed by atoms with E-state index in [1.165, 1.54) is 0 Å². The standard InChI is InChI=1S/C30H37F3N4O3/c1-20-16-22(5-7-24(20)28(39)37-13-2-4-25(37)27(34)38)23-6-8-26(35-17-23)40-18-21-9-14-36(15-10-21)19-29(11-3-12-29)30(31,32)33/h5-8,16-17,21,25H,2-4,9-15,18-19H2,1H3,(H2,34,38). The number of amides is 2. The first-order chi connectivity index (χ1) is 19.1. The van der Waals surface area contributed by atoms with Crippen LogP contribution in [0.3, 0.4) is 0 Å². The molecule has 2 amide bonds. The van der Waals surface area contributed by atoms with Crippen molar-refractivity contribution in [1.82, 2.24) is 14.8 Å². The summed E-state index contributed by atoms with van der Waals surface area (Å²) in [6.45, 7) is 4.33. The van der Waals surface area contributed by atoms with Crippen molar-refractivity contribution in [1.29, 1.82) is 0 Å². The largest absolute Gasteiger partial charge is 0.477 e. The zero-order valence-electron chi connectivity index (χ0n) is 22.9. The number of aryl methyl sites for hydroxylation is 1. The number of carbonyl (C=O) groups is 2. The Balaban J connectivity index is 1.12. The Kier molecular flexibility index (Phi) is 8.08. The first-order valence-electron chi connectivity index (χ1n) is 14.2. The van der Waals surface area contributed by atoms with Crippen LogP contribution in [-0.4, -0.2) is 71.6 Å². The van der Waals surface area contributed by atoms with E-state index in [2.05, 4.69) is 4.98 Å². The molecule has 2 aliphatic heterocycles. The molecule has 5 rings (SSSR count). The van der Waals surface area contributed by atoms with E-state index in [0.717, 1.165) is 36.0 Å². The molecule has 216 valence electrons. The van der Waals surface area contributed by atoms with Crippen LogP contribution in [0.1, 0.15) is 60.9 Å². The molecule has 2 aromatic rings. The van der Waals surface area contributed by atoms with Crippen LogP contribution in [0.5, 0.6) is 5.88 Å². The second-order valence-electron chi connectivity index (χ2n) is 11.6. The predicted octanol–water partition coefficient (Wildman–Crippen LogP) is 4.97. The van der Waals surface area contributed by atoms with Crippen LogP contribution >= 0.6 is 0 Å². The number of benzene rings is 1. The minimum Gasteiger partial charge on any atom is -0.477 e. The Morgan fingerprint density at radius 2 is 1.77 bits per heavy atom. The predicted molar refractivity (Wildman–Crippen MR) is 145 cm³/mol. The molecule has 1 saturated carbocycles. The maximum absolute atomic E-state index is 13.5. The number of ether oxygens (including phenoxy) is 1. The van der Waals surface area contributed by atoms with E-state index in [-0.39, 0.29) is 25.3 Å². The van der Waals surface area contributed by atoms with Crippen LogP contribution in [0, 0.1) is 18.3 Å². The number of hydrogen-bond donors (Lipinski definition) is 1. The van der Waals surface area contributed by atoms with Crippen LogP contribution < -0.4 is 10.5 Å². The van der Waals surface area contributed by atoms with E-state index in [1.807, 2.05) is 36.1 Å². The van der Waals surface area contributed by atoms with Gasteiger partial charge in [-0.3, -0.25) is 9.59 Å². The molecule has 3 heterocycles. The minimum atomic E-state index is -4.12. The molecule has 2 N–H and O–H groups in total. The number of aromatic nitrogens is 1. The maximum atomic E-state index is 13.5. The number of nitrogens with two attached hydrogens (primary N) is 1. The van der Waals surface area contributed by atoms with E-state index in [0.29, 0.717) is 56.4 Å². The van der Waals surface area contributed by atoms with E-state index >= 15 is 0 Å². The number of pyridine rings is 1. The Hall–Kier alpha value is -3.14. The number of carbonyl (C=O) groups excluding carboxylic acids is 2. The van der Waals surface area contributed by atoms with Crippen LogP contribution in [0.15, 0.2) is 36.5 Å². The van der Waals surface area contributed by atoms with Crippen LogP contribution in [0.25, 0.3) is 11.1 Å². The fourth-order valence-electron chi connectivity index (χ4n) is 6.26. The number of hydrogen-bond acceptors (Lipinski definition) is 5. The van der Waals surface area contributed by atoms with E-state index in [9.17, 15) is 22.8 Å². The summed E-state index contributed by atoms with van der Waals surface area (Å²) < 4.78 is 46.5. The van der Waals surface area contributed by atoms with Gasteiger partial charge in [0.2, 0.25) is 11.8 Å². The highest BCUT2D eigenvalue weighted by molar-refractivity contribution is 5.99. The number of rotatable bonds is 8. The monoisotopic (exact) mass is 558 g/mol. The highest BCUT2D eigenvalue weighted by Gasteiger charge is 2.58. The summed E-state index contributed by atoms with van der Waals surface area (Å²) in [6.07, 6.45) is 1.76. The number of nitrogens with zero attached hydrogens (tertiary/aromatic N) is 3.